The van der Waals surface area contributed by atoms with Crippen LogP contribution in [0, 0.1) is 0 Å². The van der Waals surface area contributed by atoms with Gasteiger partial charge in [-0.15, -0.1) is 0 Å². The Morgan fingerprint density at radius 2 is 2.11 bits per heavy atom. The van der Waals surface area contributed by atoms with Gasteiger partial charge < -0.3 is 40.8 Å². The van der Waals surface area contributed by atoms with Crippen LogP contribution in [0.2, 0.25) is 0 Å². The summed E-state index contributed by atoms with van der Waals surface area (Å²) >= 11 is 0. The molecule has 1 aliphatic heterocycles. The summed E-state index contributed by atoms with van der Waals surface area (Å²) in [6, 6.07) is 6.58. The summed E-state index contributed by atoms with van der Waals surface area (Å²) < 4.78 is 9.82. The molecule has 12 heteroatoms. The van der Waals surface area contributed by atoms with Gasteiger partial charge in [0.2, 0.25) is 11.8 Å². The average molecular weight is 499 g/mol. The van der Waals surface area contributed by atoms with Crippen LogP contribution in [-0.2, 0) is 25.6 Å². The predicted octanol–water partition coefficient (Wildman–Crippen LogP) is 0.774. The van der Waals surface area contributed by atoms with Crippen LogP contribution in [0.4, 0.5) is 4.79 Å². The van der Waals surface area contributed by atoms with Gasteiger partial charge in [-0.05, 0) is 43.2 Å². The number of imidazole rings is 1. The van der Waals surface area contributed by atoms with E-state index in [0.29, 0.717) is 12.2 Å². The summed E-state index contributed by atoms with van der Waals surface area (Å²) in [4.78, 5) is 45.3. The van der Waals surface area contributed by atoms with Crippen molar-refractivity contribution >= 4 is 28.9 Å². The van der Waals surface area contributed by atoms with Gasteiger partial charge in [-0.2, -0.15) is 0 Å². The third kappa shape index (κ3) is 7.68. The van der Waals surface area contributed by atoms with Gasteiger partial charge in [0, 0.05) is 13.3 Å². The fraction of sp³-hybridized carbons (Fsp3) is 0.333. The van der Waals surface area contributed by atoms with Crippen LogP contribution >= 0.6 is 0 Å². The van der Waals surface area contributed by atoms with Crippen LogP contribution in [0.5, 0.6) is 0 Å². The van der Waals surface area contributed by atoms with E-state index in [4.69, 9.17) is 15.2 Å². The number of methoxy groups -OCH3 is 1. The number of aromatic nitrogens is 2. The van der Waals surface area contributed by atoms with Crippen LogP contribution in [0.1, 0.15) is 18.7 Å². The number of hydrogen-bond acceptors (Lipinski definition) is 8. The molecule has 2 aromatic rings. The van der Waals surface area contributed by atoms with Crippen molar-refractivity contribution < 1.29 is 29.0 Å². The molecule has 1 aromatic carbocycles. The number of carbonyl (C=O) groups excluding carboxylic acids is 3. The first-order chi connectivity index (χ1) is 17.4. The van der Waals surface area contributed by atoms with E-state index in [1.54, 1.807) is 23.3 Å². The minimum Gasteiger partial charge on any atom is -0.447 e. The van der Waals surface area contributed by atoms with Gasteiger partial charge in [0.25, 0.3) is 0 Å². The van der Waals surface area contributed by atoms with E-state index in [9.17, 15) is 19.5 Å². The summed E-state index contributed by atoms with van der Waals surface area (Å²) in [6.45, 7) is 0.493. The highest BCUT2D eigenvalue weighted by atomic mass is 16.6. The van der Waals surface area contributed by atoms with Gasteiger partial charge in [-0.1, -0.05) is 18.2 Å². The standard InChI is InChI=1S/C24H30N6O6/c1-35-13-14-36-24(34)29-18(9-4-5-11-20(25)31)22(32)28-19-10-6-12-30(23(19)33)15-21-26-16-7-2-3-8-17(16)27-21/h2-3,5-8,10-12,18,23,33H,4,9,13-15H2,1H3,(H2,25,31)(H,26,27)(H,28,32)(H,29,34)/b11-5+/t18-,23?/m0/s1. The number of amides is 3. The number of fused-ring (bicyclic) bond motifs is 1. The van der Waals surface area contributed by atoms with Gasteiger partial charge in [-0.3, -0.25) is 9.59 Å². The Morgan fingerprint density at radius 1 is 1.31 bits per heavy atom. The van der Waals surface area contributed by atoms with Crippen LogP contribution in [0.15, 0.2) is 60.5 Å². The maximum atomic E-state index is 13.0. The molecule has 0 aliphatic carbocycles. The number of H-pyrrole nitrogens is 1. The quantitative estimate of drug-likeness (QED) is 0.211. The van der Waals surface area contributed by atoms with Crippen LogP contribution < -0.4 is 16.4 Å². The molecule has 1 aromatic heterocycles. The SMILES string of the molecule is COCCOC(=O)N[C@@H](CC/C=C/C(N)=O)C(=O)NC1=CC=CN(Cc2nc3ccccc3[nH]2)C1O. The molecule has 0 spiro atoms. The maximum absolute atomic E-state index is 13.0. The molecule has 36 heavy (non-hydrogen) atoms. The Hall–Kier alpha value is -4.16. The molecular weight excluding hydrogens is 468 g/mol. The molecule has 1 unspecified atom stereocenters. The summed E-state index contributed by atoms with van der Waals surface area (Å²) in [5.74, 6) is -0.530. The second-order valence-electron chi connectivity index (χ2n) is 7.91. The molecule has 0 radical (unpaired) electrons. The molecule has 2 atom stereocenters. The number of aliphatic hydroxyl groups is 1. The van der Waals surface area contributed by atoms with E-state index in [1.807, 2.05) is 24.3 Å². The number of nitrogens with one attached hydrogen (secondary N) is 3. The Balaban J connectivity index is 1.63. The normalized spacial score (nSPS) is 16.1. The highest BCUT2D eigenvalue weighted by molar-refractivity contribution is 5.87. The van der Waals surface area contributed by atoms with E-state index < -0.39 is 30.2 Å². The molecule has 1 aliphatic rings. The first-order valence-corrected chi connectivity index (χ1v) is 11.3. The van der Waals surface area contributed by atoms with E-state index >= 15 is 0 Å². The number of nitrogens with two attached hydrogens (primary N) is 1. The smallest absolute Gasteiger partial charge is 0.407 e. The van der Waals surface area contributed by atoms with Crippen LogP contribution in [-0.4, -0.2) is 70.5 Å². The molecule has 3 amide bonds. The zero-order chi connectivity index (χ0) is 25.9. The second kappa shape index (κ2) is 13.1. The lowest BCUT2D eigenvalue weighted by atomic mass is 10.1. The molecule has 0 bridgehead atoms. The van der Waals surface area contributed by atoms with Crippen molar-refractivity contribution in [2.75, 3.05) is 20.3 Å². The topological polar surface area (TPSA) is 172 Å². The monoisotopic (exact) mass is 498 g/mol. The average Bonchev–Trinajstić information content (AvgIpc) is 3.26. The Labute approximate surface area is 207 Å². The fourth-order valence-electron chi connectivity index (χ4n) is 3.46. The van der Waals surface area contributed by atoms with Gasteiger partial charge in [0.15, 0.2) is 6.23 Å². The summed E-state index contributed by atoms with van der Waals surface area (Å²) in [7, 11) is 1.47. The Kier molecular flexibility index (Phi) is 9.60. The van der Waals surface area contributed by atoms with Crippen molar-refractivity contribution in [3.05, 3.63) is 66.3 Å². The summed E-state index contributed by atoms with van der Waals surface area (Å²) in [5, 5.41) is 16.0. The number of hydrogen-bond donors (Lipinski definition) is 5. The Morgan fingerprint density at radius 3 is 2.86 bits per heavy atom. The van der Waals surface area contributed by atoms with Gasteiger partial charge in [0.1, 0.15) is 18.5 Å². The number of carbonyl (C=O) groups is 3. The number of benzene rings is 1. The summed E-state index contributed by atoms with van der Waals surface area (Å²) in [5.41, 5.74) is 7.00. The number of ether oxygens (including phenoxy) is 2. The van der Waals surface area contributed by atoms with Crippen molar-refractivity contribution in [2.45, 2.75) is 31.7 Å². The van der Waals surface area contributed by atoms with Gasteiger partial charge in [0.05, 0.1) is 29.9 Å². The largest absolute Gasteiger partial charge is 0.447 e. The lowest BCUT2D eigenvalue weighted by molar-refractivity contribution is -0.123. The molecule has 3 rings (SSSR count). The van der Waals surface area contributed by atoms with Gasteiger partial charge >= 0.3 is 6.09 Å². The number of para-hydroxylation sites is 2. The number of rotatable bonds is 12. The van der Waals surface area contributed by atoms with Crippen molar-refractivity contribution in [1.82, 2.24) is 25.5 Å². The van der Waals surface area contributed by atoms with Crippen molar-refractivity contribution in [2.24, 2.45) is 5.73 Å². The van der Waals surface area contributed by atoms with Crippen molar-refractivity contribution in [3.8, 4) is 0 Å². The van der Waals surface area contributed by atoms with E-state index in [0.717, 1.165) is 11.0 Å². The lowest BCUT2D eigenvalue weighted by Gasteiger charge is -2.31. The summed E-state index contributed by atoms with van der Waals surface area (Å²) in [6.07, 6.45) is 6.13. The Bertz CT molecular complexity index is 1120. The number of allylic oxidation sites excluding steroid dienone is 3. The van der Waals surface area contributed by atoms with Crippen LogP contribution in [0.25, 0.3) is 11.0 Å². The third-order valence-corrected chi connectivity index (χ3v) is 5.22. The molecule has 12 nitrogen and oxygen atoms in total. The fourth-order valence-corrected chi connectivity index (χ4v) is 3.46. The number of aliphatic hydroxyl groups excluding tert-OH is 1. The number of alkyl carbamates (subject to hydrolysis) is 1. The highest BCUT2D eigenvalue weighted by Crippen LogP contribution is 2.18. The van der Waals surface area contributed by atoms with Gasteiger partial charge in [-0.25, -0.2) is 9.78 Å². The minimum absolute atomic E-state index is 0.0175. The second-order valence-corrected chi connectivity index (χ2v) is 7.91. The first-order valence-electron chi connectivity index (χ1n) is 11.3. The number of aromatic amines is 1. The minimum atomic E-state index is -1.16. The molecule has 0 saturated carbocycles. The molecular formula is C24H30N6O6. The van der Waals surface area contributed by atoms with Crippen molar-refractivity contribution in [3.63, 3.8) is 0 Å². The molecule has 192 valence electrons. The first kappa shape index (κ1) is 26.4. The zero-order valence-electron chi connectivity index (χ0n) is 19.8. The number of nitrogens with zero attached hydrogens (tertiary/aromatic N) is 2. The van der Waals surface area contributed by atoms with E-state index in [1.165, 1.54) is 19.3 Å². The van der Waals surface area contributed by atoms with E-state index in [-0.39, 0.29) is 31.9 Å². The molecule has 6 N–H and O–H groups in total. The molecule has 0 fully saturated rings. The lowest BCUT2D eigenvalue weighted by Crippen LogP contribution is -2.49. The van der Waals surface area contributed by atoms with E-state index in [2.05, 4.69) is 20.6 Å². The van der Waals surface area contributed by atoms with Crippen LogP contribution in [0.3, 0.4) is 0 Å². The molecule has 0 saturated heterocycles. The molecule has 2 heterocycles. The zero-order valence-corrected chi connectivity index (χ0v) is 19.8. The third-order valence-electron chi connectivity index (χ3n) is 5.22. The predicted molar refractivity (Wildman–Crippen MR) is 131 cm³/mol. The van der Waals surface area contributed by atoms with Crippen molar-refractivity contribution in [1.29, 1.82) is 0 Å². The highest BCUT2D eigenvalue weighted by Gasteiger charge is 2.27. The number of primary amides is 1. The maximum Gasteiger partial charge on any atom is 0.407 e.